The van der Waals surface area contributed by atoms with Crippen molar-refractivity contribution < 1.29 is 4.48 Å². The average Bonchev–Trinajstić information content (AvgIpc) is 1.89. The first-order valence-corrected chi connectivity index (χ1v) is 5.24. The van der Waals surface area contributed by atoms with E-state index < -0.39 is 7.85 Å². The summed E-state index contributed by atoms with van der Waals surface area (Å²) in [5.74, 6) is 1.57. The van der Waals surface area contributed by atoms with E-state index in [1.807, 2.05) is 0 Å². The van der Waals surface area contributed by atoms with Crippen LogP contribution in [0.1, 0.15) is 0 Å². The van der Waals surface area contributed by atoms with E-state index in [-0.39, 0.29) is 0 Å². The Labute approximate surface area is 55.9 Å². The number of H-pyrrole nitrogens is 1. The highest BCUT2D eigenvalue weighted by molar-refractivity contribution is 7.59. The van der Waals surface area contributed by atoms with E-state index in [1.165, 1.54) is 0 Å². The fourth-order valence-electron chi connectivity index (χ4n) is 0.330. The van der Waals surface area contributed by atoms with Gasteiger partial charge in [0, 0.05) is 8.51 Å². The molecule has 1 aromatic rings. The summed E-state index contributed by atoms with van der Waals surface area (Å²) in [4.78, 5) is 0. The van der Waals surface area contributed by atoms with Crippen molar-refractivity contribution >= 4 is 30.7 Å². The molecule has 1 heterocycles. The zero-order valence-electron chi connectivity index (χ0n) is 4.45. The summed E-state index contributed by atoms with van der Waals surface area (Å²) >= 11 is 0. The molecule has 0 aliphatic carbocycles. The molecule has 0 radical (unpaired) electrons. The highest BCUT2D eigenvalue weighted by atomic mass is 31.2. The molecule has 1 aromatic heterocycles. The molecule has 0 aliphatic rings. The highest BCUT2D eigenvalue weighted by Crippen LogP contribution is 2.28. The molecule has 0 aliphatic heterocycles. The van der Waals surface area contributed by atoms with Crippen LogP contribution in [0.4, 0.5) is 4.48 Å². The summed E-state index contributed by atoms with van der Waals surface area (Å²) in [6.45, 7) is 3.48. The van der Waals surface area contributed by atoms with E-state index in [1.54, 1.807) is 5.82 Å². The van der Waals surface area contributed by atoms with Crippen LogP contribution in [0.3, 0.4) is 0 Å². The summed E-state index contributed by atoms with van der Waals surface area (Å²) in [7, 11) is -0.225. The summed E-state index contributed by atoms with van der Waals surface area (Å²) in [5.41, 5.74) is 0. The molecule has 0 saturated carbocycles. The summed E-state index contributed by atoms with van der Waals surface area (Å²) < 4.78 is 19.7. The van der Waals surface area contributed by atoms with Crippen LogP contribution in [0.5, 0.6) is 0 Å². The molecule has 9 heavy (non-hydrogen) atoms. The number of hydrogen-bond acceptors (Lipinski definition) is 1. The van der Waals surface area contributed by atoms with Crippen molar-refractivity contribution in [2.24, 2.45) is 0 Å². The van der Waals surface area contributed by atoms with Gasteiger partial charge in [0.25, 0.3) is 0 Å². The monoisotopic (exact) mass is 183 g/mol. The second kappa shape index (κ2) is 3.22. The van der Waals surface area contributed by atoms with Crippen LogP contribution >= 0.6 is 24.9 Å². The molecular formula is C2H5FN3P3. The largest absolute Gasteiger partial charge is 0.305 e. The molecule has 0 saturated heterocycles. The maximum Gasteiger partial charge on any atom is 0.175 e. The highest BCUT2D eigenvalue weighted by Gasteiger charge is 1.88. The van der Waals surface area contributed by atoms with Gasteiger partial charge in [-0.2, -0.15) is 4.51 Å². The fraction of sp³-hybridized carbons (Fsp3) is 0. The van der Waals surface area contributed by atoms with Crippen molar-refractivity contribution in [3.8, 4) is 0 Å². The number of hydrogen-bond donors (Lipinski definition) is 1. The minimum Gasteiger partial charge on any atom is -0.305 e. The predicted molar refractivity (Wildman–Crippen MR) is 41.8 cm³/mol. The molecule has 0 spiro atoms. The van der Waals surface area contributed by atoms with E-state index in [4.69, 9.17) is 0 Å². The smallest absolute Gasteiger partial charge is 0.175 e. The Balaban J connectivity index is 3.15. The number of aromatic amines is 1. The lowest BCUT2D eigenvalue weighted by Crippen LogP contribution is -1.71. The number of nitrogens with one attached hydrogen (secondary N) is 1. The van der Waals surface area contributed by atoms with E-state index in [0.717, 1.165) is 0 Å². The summed E-state index contributed by atoms with van der Waals surface area (Å²) in [6.07, 6.45) is 0. The van der Waals surface area contributed by atoms with Crippen LogP contribution in [0, 0.1) is 0 Å². The Bertz CT molecular complexity index is 228. The van der Waals surface area contributed by atoms with Gasteiger partial charge in [-0.15, -0.1) is 4.31 Å². The Morgan fingerprint density at radius 2 is 2.78 bits per heavy atom. The lowest BCUT2D eigenvalue weighted by Gasteiger charge is -1.94. The van der Waals surface area contributed by atoms with Gasteiger partial charge in [-0.3, -0.25) is 0 Å². The maximum absolute atomic E-state index is 12.5. The molecule has 0 aromatic carbocycles. The first-order valence-electron chi connectivity index (χ1n) is 2.13. The topological polar surface area (TPSA) is 33.6 Å². The third-order valence-corrected chi connectivity index (χ3v) is 4.43. The first kappa shape index (κ1) is 7.08. The Kier molecular flexibility index (Phi) is 2.53. The molecule has 0 bridgehead atoms. The van der Waals surface area contributed by atoms with E-state index >= 15 is 0 Å². The van der Waals surface area contributed by atoms with Gasteiger partial charge in [0.05, 0.1) is 7.85 Å². The number of rotatable bonds is 1. The molecule has 2 atom stereocenters. The third-order valence-electron chi connectivity index (χ3n) is 0.684. The lowest BCUT2D eigenvalue weighted by molar-refractivity contribution is 0.452. The van der Waals surface area contributed by atoms with Crippen molar-refractivity contribution in [3.63, 3.8) is 0 Å². The van der Waals surface area contributed by atoms with Crippen molar-refractivity contribution in [2.45, 2.75) is 0 Å². The van der Waals surface area contributed by atoms with Crippen molar-refractivity contribution in [3.05, 3.63) is 6.58 Å². The van der Waals surface area contributed by atoms with Crippen molar-refractivity contribution in [1.82, 2.24) is 13.3 Å². The van der Waals surface area contributed by atoms with Crippen molar-refractivity contribution in [2.75, 3.05) is 0 Å². The van der Waals surface area contributed by atoms with Crippen LogP contribution in [-0.4, -0.2) is 13.3 Å². The molecule has 1 rings (SSSR count). The number of halogens is 1. The van der Waals surface area contributed by atoms with Gasteiger partial charge in [-0.1, -0.05) is 11.1 Å². The predicted octanol–water partition coefficient (Wildman–Crippen LogP) is 2.77. The minimum atomic E-state index is -0.944. The van der Waals surface area contributed by atoms with Gasteiger partial charge < -0.3 is 4.51 Å². The van der Waals surface area contributed by atoms with Gasteiger partial charge in [-0.05, 0) is 5.82 Å². The van der Waals surface area contributed by atoms with Crippen LogP contribution in [0.15, 0.2) is 6.58 Å². The van der Waals surface area contributed by atoms with E-state index in [0.29, 0.717) is 21.3 Å². The van der Waals surface area contributed by atoms with E-state index in [2.05, 4.69) is 15.6 Å². The molecule has 1 N–H and O–H groups in total. The zero-order chi connectivity index (χ0) is 6.69. The third kappa shape index (κ3) is 1.69. The lowest BCUT2D eigenvalue weighted by atomic mass is 11.3. The quantitative estimate of drug-likeness (QED) is 0.713. The van der Waals surface area contributed by atoms with Crippen LogP contribution < -0.4 is 0 Å². The van der Waals surface area contributed by atoms with Gasteiger partial charge in [0.1, 0.15) is 0 Å². The number of aromatic nitrogens is 3. The molecule has 3 nitrogen and oxygen atoms in total. The van der Waals surface area contributed by atoms with Gasteiger partial charge in [-0.25, -0.2) is 0 Å². The molecular weight excluding hydrogens is 178 g/mol. The molecule has 2 unspecified atom stereocenters. The normalized spacial score (nSPS) is 12.8. The minimum absolute atomic E-state index is 0.313. The van der Waals surface area contributed by atoms with Crippen LogP contribution in [0.25, 0.3) is 5.82 Å². The van der Waals surface area contributed by atoms with Crippen LogP contribution in [0.2, 0.25) is 0 Å². The van der Waals surface area contributed by atoms with E-state index in [9.17, 15) is 4.48 Å². The Hall–Kier alpha value is -0.0300. The second-order valence-corrected chi connectivity index (χ2v) is 5.35. The molecule has 0 fully saturated rings. The Morgan fingerprint density at radius 1 is 2.00 bits per heavy atom. The molecule has 7 heteroatoms. The first-order chi connectivity index (χ1) is 4.34. The van der Waals surface area contributed by atoms with Gasteiger partial charge >= 0.3 is 0 Å². The summed E-state index contributed by atoms with van der Waals surface area (Å²) in [6, 6.07) is 0. The molecule has 0 amide bonds. The summed E-state index contributed by atoms with van der Waals surface area (Å²) in [5, 5.41) is 0. The zero-order valence-corrected chi connectivity index (χ0v) is 7.24. The van der Waals surface area contributed by atoms with Crippen molar-refractivity contribution in [1.29, 1.82) is 0 Å². The maximum atomic E-state index is 12.5. The fourth-order valence-corrected chi connectivity index (χ4v) is 3.95. The van der Waals surface area contributed by atoms with Gasteiger partial charge in [0.2, 0.25) is 0 Å². The molecule has 50 valence electrons. The standard InChI is InChI=1S/C2H5FN3P3/c1-2-9-5-7-4-8-6(9)3/h2,5,7H,1H2. The van der Waals surface area contributed by atoms with Crippen LogP contribution in [-0.2, 0) is 0 Å². The Morgan fingerprint density at radius 3 is 3.22 bits per heavy atom. The SMILES string of the molecule is C=Cp1[nH][pH]npn1F. The average molecular weight is 183 g/mol. The number of nitrogens with zero attached hydrogens (tertiary/aromatic N) is 2. The van der Waals surface area contributed by atoms with Gasteiger partial charge in [0.15, 0.2) is 8.51 Å². The second-order valence-electron chi connectivity index (χ2n) is 1.18.